The molecule has 2 aromatic rings. The van der Waals surface area contributed by atoms with E-state index in [0.29, 0.717) is 15.6 Å². The van der Waals surface area contributed by atoms with E-state index in [2.05, 4.69) is 0 Å². The van der Waals surface area contributed by atoms with Gasteiger partial charge in [0.1, 0.15) is 0 Å². The van der Waals surface area contributed by atoms with Crippen molar-refractivity contribution < 1.29 is 9.90 Å². The van der Waals surface area contributed by atoms with Crippen molar-refractivity contribution >= 4 is 29.2 Å². The second-order valence-electron chi connectivity index (χ2n) is 4.69. The van der Waals surface area contributed by atoms with Crippen molar-refractivity contribution in [3.05, 3.63) is 69.7 Å². The molecular weight excluding hydrogens is 295 g/mol. The molecule has 0 spiro atoms. The third kappa shape index (κ3) is 3.14. The summed E-state index contributed by atoms with van der Waals surface area (Å²) in [5, 5.41) is 10.3. The van der Waals surface area contributed by atoms with Crippen molar-refractivity contribution in [2.75, 3.05) is 0 Å². The molecule has 2 unspecified atom stereocenters. The number of halogens is 2. The maximum Gasteiger partial charge on any atom is 0.311 e. The lowest BCUT2D eigenvalue weighted by Crippen LogP contribution is -2.18. The topological polar surface area (TPSA) is 37.3 Å². The number of aliphatic carboxylic acids is 1. The monoisotopic (exact) mass is 308 g/mol. The van der Waals surface area contributed by atoms with E-state index in [1.165, 1.54) is 0 Å². The SMILES string of the molecule is CC(c1ccccc1)C(C(=O)O)c1ccc(Cl)c(Cl)c1. The van der Waals surface area contributed by atoms with Gasteiger partial charge in [-0.2, -0.15) is 0 Å². The fourth-order valence-electron chi connectivity index (χ4n) is 2.30. The predicted molar refractivity (Wildman–Crippen MR) is 81.7 cm³/mol. The van der Waals surface area contributed by atoms with Crippen molar-refractivity contribution in [2.45, 2.75) is 18.8 Å². The molecule has 0 bridgehead atoms. The van der Waals surface area contributed by atoms with Crippen molar-refractivity contribution in [1.29, 1.82) is 0 Å². The Labute approximate surface area is 128 Å². The number of carbonyl (C=O) groups is 1. The van der Waals surface area contributed by atoms with Crippen LogP contribution in [0.3, 0.4) is 0 Å². The smallest absolute Gasteiger partial charge is 0.311 e. The zero-order valence-electron chi connectivity index (χ0n) is 10.9. The van der Waals surface area contributed by atoms with Crippen LogP contribution in [0, 0.1) is 0 Å². The Morgan fingerprint density at radius 2 is 1.65 bits per heavy atom. The van der Waals surface area contributed by atoms with E-state index in [-0.39, 0.29) is 5.92 Å². The minimum Gasteiger partial charge on any atom is -0.481 e. The summed E-state index contributed by atoms with van der Waals surface area (Å²) < 4.78 is 0. The molecule has 0 saturated heterocycles. The summed E-state index contributed by atoms with van der Waals surface area (Å²) in [6.45, 7) is 1.90. The van der Waals surface area contributed by atoms with E-state index < -0.39 is 11.9 Å². The van der Waals surface area contributed by atoms with E-state index in [1.807, 2.05) is 37.3 Å². The van der Waals surface area contributed by atoms with Gasteiger partial charge >= 0.3 is 5.97 Å². The number of carboxylic acids is 1. The Morgan fingerprint density at radius 1 is 1.00 bits per heavy atom. The first-order valence-corrected chi connectivity index (χ1v) is 6.99. The largest absolute Gasteiger partial charge is 0.481 e. The van der Waals surface area contributed by atoms with Crippen LogP contribution in [0.5, 0.6) is 0 Å². The molecule has 0 heterocycles. The molecule has 0 saturated carbocycles. The van der Waals surface area contributed by atoms with Crippen LogP contribution in [-0.4, -0.2) is 11.1 Å². The van der Waals surface area contributed by atoms with Crippen molar-refractivity contribution in [1.82, 2.24) is 0 Å². The number of benzene rings is 2. The van der Waals surface area contributed by atoms with E-state index in [0.717, 1.165) is 5.56 Å². The van der Waals surface area contributed by atoms with Gasteiger partial charge in [-0.1, -0.05) is 66.5 Å². The third-order valence-corrected chi connectivity index (χ3v) is 4.13. The van der Waals surface area contributed by atoms with Gasteiger partial charge < -0.3 is 5.11 Å². The molecule has 104 valence electrons. The van der Waals surface area contributed by atoms with Crippen LogP contribution in [0.4, 0.5) is 0 Å². The third-order valence-electron chi connectivity index (χ3n) is 3.39. The van der Waals surface area contributed by atoms with E-state index in [1.54, 1.807) is 18.2 Å². The van der Waals surface area contributed by atoms with Gasteiger partial charge in [-0.3, -0.25) is 4.79 Å². The highest BCUT2D eigenvalue weighted by Crippen LogP contribution is 2.35. The highest BCUT2D eigenvalue weighted by Gasteiger charge is 2.28. The lowest BCUT2D eigenvalue weighted by Gasteiger charge is -2.21. The summed E-state index contributed by atoms with van der Waals surface area (Å²) in [4.78, 5) is 11.6. The average Bonchev–Trinajstić information content (AvgIpc) is 2.43. The van der Waals surface area contributed by atoms with Crippen LogP contribution in [0.15, 0.2) is 48.5 Å². The minimum absolute atomic E-state index is 0.161. The van der Waals surface area contributed by atoms with Crippen LogP contribution in [-0.2, 0) is 4.79 Å². The molecule has 0 fully saturated rings. The first-order chi connectivity index (χ1) is 9.50. The Hall–Kier alpha value is -1.51. The van der Waals surface area contributed by atoms with Crippen molar-refractivity contribution in [2.24, 2.45) is 0 Å². The number of hydrogen-bond acceptors (Lipinski definition) is 1. The van der Waals surface area contributed by atoms with E-state index >= 15 is 0 Å². The van der Waals surface area contributed by atoms with Gasteiger partial charge in [-0.15, -0.1) is 0 Å². The predicted octanol–water partition coefficient (Wildman–Crippen LogP) is 4.97. The maximum atomic E-state index is 11.6. The average molecular weight is 309 g/mol. The fraction of sp³-hybridized carbons (Fsp3) is 0.188. The Morgan fingerprint density at radius 3 is 2.20 bits per heavy atom. The minimum atomic E-state index is -0.875. The maximum absolute atomic E-state index is 11.6. The van der Waals surface area contributed by atoms with Gasteiger partial charge in [0.25, 0.3) is 0 Å². The second-order valence-corrected chi connectivity index (χ2v) is 5.50. The molecule has 0 aliphatic rings. The number of hydrogen-bond donors (Lipinski definition) is 1. The molecule has 2 nitrogen and oxygen atoms in total. The molecular formula is C16H14Cl2O2. The molecule has 0 aliphatic heterocycles. The van der Waals surface area contributed by atoms with Crippen LogP contribution in [0.1, 0.15) is 29.9 Å². The van der Waals surface area contributed by atoms with Gasteiger partial charge in [0.2, 0.25) is 0 Å². The summed E-state index contributed by atoms with van der Waals surface area (Å²) in [6, 6.07) is 14.5. The molecule has 0 aromatic heterocycles. The molecule has 2 aromatic carbocycles. The van der Waals surface area contributed by atoms with Gasteiger partial charge in [0.15, 0.2) is 0 Å². The fourth-order valence-corrected chi connectivity index (χ4v) is 2.61. The molecule has 0 radical (unpaired) electrons. The molecule has 4 heteroatoms. The number of rotatable bonds is 4. The first kappa shape index (κ1) is 14.9. The van der Waals surface area contributed by atoms with Crippen LogP contribution in [0.25, 0.3) is 0 Å². The lowest BCUT2D eigenvalue weighted by molar-refractivity contribution is -0.139. The molecule has 20 heavy (non-hydrogen) atoms. The summed E-state index contributed by atoms with van der Waals surface area (Å²) >= 11 is 11.9. The van der Waals surface area contributed by atoms with Gasteiger partial charge in [0, 0.05) is 0 Å². The van der Waals surface area contributed by atoms with Crippen LogP contribution in [0.2, 0.25) is 10.0 Å². The molecule has 0 aliphatic carbocycles. The molecule has 1 N–H and O–H groups in total. The van der Waals surface area contributed by atoms with Gasteiger partial charge in [0.05, 0.1) is 16.0 Å². The van der Waals surface area contributed by atoms with Crippen molar-refractivity contribution in [3.63, 3.8) is 0 Å². The van der Waals surface area contributed by atoms with Gasteiger partial charge in [-0.25, -0.2) is 0 Å². The zero-order chi connectivity index (χ0) is 14.7. The Balaban J connectivity index is 2.41. The van der Waals surface area contributed by atoms with E-state index in [9.17, 15) is 9.90 Å². The van der Waals surface area contributed by atoms with E-state index in [4.69, 9.17) is 23.2 Å². The van der Waals surface area contributed by atoms with Gasteiger partial charge in [-0.05, 0) is 29.2 Å². The van der Waals surface area contributed by atoms with Crippen LogP contribution < -0.4 is 0 Å². The molecule has 2 rings (SSSR count). The van der Waals surface area contributed by atoms with Crippen LogP contribution >= 0.6 is 23.2 Å². The first-order valence-electron chi connectivity index (χ1n) is 6.23. The summed E-state index contributed by atoms with van der Waals surface area (Å²) in [7, 11) is 0. The van der Waals surface area contributed by atoms with Crippen molar-refractivity contribution in [3.8, 4) is 0 Å². The Kier molecular flexibility index (Phi) is 4.69. The quantitative estimate of drug-likeness (QED) is 0.866. The summed E-state index contributed by atoms with van der Waals surface area (Å²) in [5.74, 6) is -1.70. The lowest BCUT2D eigenvalue weighted by atomic mass is 9.83. The summed E-state index contributed by atoms with van der Waals surface area (Å²) in [6.07, 6.45) is 0. The second kappa shape index (κ2) is 6.29. The summed E-state index contributed by atoms with van der Waals surface area (Å²) in [5.41, 5.74) is 1.63. The normalized spacial score (nSPS) is 13.8. The number of carboxylic acid groups (broad SMARTS) is 1. The highest BCUT2D eigenvalue weighted by atomic mass is 35.5. The molecule has 2 atom stereocenters. The Bertz CT molecular complexity index is 611. The molecule has 0 amide bonds. The zero-order valence-corrected chi connectivity index (χ0v) is 12.4. The highest BCUT2D eigenvalue weighted by molar-refractivity contribution is 6.42. The standard InChI is InChI=1S/C16H14Cl2O2/c1-10(11-5-3-2-4-6-11)15(16(19)20)12-7-8-13(17)14(18)9-12/h2-10,15H,1H3,(H,19,20).